The van der Waals surface area contributed by atoms with Gasteiger partial charge in [0.1, 0.15) is 11.4 Å². The Morgan fingerprint density at radius 2 is 1.88 bits per heavy atom. The first-order chi connectivity index (χ1) is 15.5. The molecule has 2 saturated carbocycles. The van der Waals surface area contributed by atoms with E-state index in [-0.39, 0.29) is 11.6 Å². The highest BCUT2D eigenvalue weighted by atomic mass is 16.5. The number of nitrogens with two attached hydrogens (primary N) is 1. The predicted molar refractivity (Wildman–Crippen MR) is 123 cm³/mol. The molecule has 0 bridgehead atoms. The number of amides is 1. The van der Waals surface area contributed by atoms with Crippen LogP contribution in [-0.2, 0) is 0 Å². The molecule has 2 heterocycles. The van der Waals surface area contributed by atoms with Gasteiger partial charge in [-0.1, -0.05) is 0 Å². The molecule has 0 aliphatic heterocycles. The van der Waals surface area contributed by atoms with Crippen LogP contribution in [0.15, 0.2) is 41.5 Å². The average molecular weight is 436 g/mol. The van der Waals surface area contributed by atoms with Crippen LogP contribution < -0.4 is 20.9 Å². The van der Waals surface area contributed by atoms with Crippen LogP contribution >= 0.6 is 0 Å². The minimum Gasteiger partial charge on any atom is -0.496 e. The number of hydrogen-bond donors (Lipinski definition) is 1. The first-order valence-corrected chi connectivity index (χ1v) is 11.3. The van der Waals surface area contributed by atoms with E-state index in [9.17, 15) is 9.59 Å². The fraction of sp³-hybridized carbons (Fsp3) is 0.458. The maximum atomic E-state index is 12.9. The molecular weight excluding hydrogens is 406 g/mol. The van der Waals surface area contributed by atoms with Gasteiger partial charge in [-0.2, -0.15) is 5.10 Å². The van der Waals surface area contributed by atoms with Crippen molar-refractivity contribution in [1.82, 2.24) is 14.3 Å². The zero-order valence-corrected chi connectivity index (χ0v) is 18.5. The maximum Gasteiger partial charge on any atom is 0.274 e. The molecule has 0 saturated heterocycles. The van der Waals surface area contributed by atoms with E-state index < -0.39 is 5.91 Å². The van der Waals surface area contributed by atoms with Crippen LogP contribution in [0.2, 0.25) is 0 Å². The van der Waals surface area contributed by atoms with Crippen molar-refractivity contribution in [3.63, 3.8) is 0 Å². The van der Waals surface area contributed by atoms with Gasteiger partial charge in [-0.15, -0.1) is 0 Å². The van der Waals surface area contributed by atoms with Gasteiger partial charge in [0, 0.05) is 43.0 Å². The van der Waals surface area contributed by atoms with E-state index >= 15 is 0 Å². The minimum absolute atomic E-state index is 0.122. The van der Waals surface area contributed by atoms with Crippen LogP contribution in [-0.4, -0.2) is 40.5 Å². The molecule has 0 radical (unpaired) electrons. The lowest BCUT2D eigenvalue weighted by Gasteiger charge is -2.35. The number of pyridine rings is 1. The van der Waals surface area contributed by atoms with Crippen LogP contribution in [0.3, 0.4) is 0 Å². The SMILES string of the molecule is COc1cc2nn(C3CCC(N(C)c4cccn(C5CC5)c4=O)CC3)cc2cc1C(N)=O. The number of primary amides is 1. The Hall–Kier alpha value is -3.29. The molecule has 5 rings (SSSR count). The van der Waals surface area contributed by atoms with Gasteiger partial charge in [0.2, 0.25) is 0 Å². The van der Waals surface area contributed by atoms with Crippen LogP contribution in [0.1, 0.15) is 61.0 Å². The third-order valence-corrected chi connectivity index (χ3v) is 6.97. The number of aromatic nitrogens is 3. The van der Waals surface area contributed by atoms with E-state index in [0.717, 1.165) is 55.1 Å². The van der Waals surface area contributed by atoms with Gasteiger partial charge in [0.25, 0.3) is 11.5 Å². The Morgan fingerprint density at radius 1 is 1.16 bits per heavy atom. The number of carbonyl (C=O) groups excluding carboxylic acids is 1. The molecule has 2 N–H and O–H groups in total. The van der Waals surface area contributed by atoms with Crippen molar-refractivity contribution in [3.8, 4) is 5.75 Å². The molecule has 0 atom stereocenters. The van der Waals surface area contributed by atoms with Crippen molar-refractivity contribution in [2.45, 2.75) is 56.7 Å². The highest BCUT2D eigenvalue weighted by Crippen LogP contribution is 2.35. The number of carbonyl (C=O) groups is 1. The van der Waals surface area contributed by atoms with Gasteiger partial charge in [-0.05, 0) is 56.7 Å². The molecule has 8 nitrogen and oxygen atoms in total. The molecule has 1 amide bonds. The van der Waals surface area contributed by atoms with E-state index in [4.69, 9.17) is 15.6 Å². The summed E-state index contributed by atoms with van der Waals surface area (Å²) < 4.78 is 9.20. The Morgan fingerprint density at radius 3 is 2.53 bits per heavy atom. The van der Waals surface area contributed by atoms with E-state index in [0.29, 0.717) is 23.4 Å². The smallest absolute Gasteiger partial charge is 0.274 e. The molecule has 2 aliphatic rings. The Kier molecular flexibility index (Phi) is 5.15. The Bertz CT molecular complexity index is 1220. The molecule has 2 aromatic heterocycles. The number of rotatable bonds is 6. The number of anilines is 1. The van der Waals surface area contributed by atoms with Crippen molar-refractivity contribution in [2.75, 3.05) is 19.1 Å². The molecule has 8 heteroatoms. The molecule has 3 aromatic rings. The van der Waals surface area contributed by atoms with E-state index in [1.807, 2.05) is 40.8 Å². The summed E-state index contributed by atoms with van der Waals surface area (Å²) in [5, 5.41) is 5.62. The van der Waals surface area contributed by atoms with E-state index in [1.165, 1.54) is 7.11 Å². The lowest BCUT2D eigenvalue weighted by molar-refractivity contribution is 0.0997. The standard InChI is InChI=1S/C24H29N5O3/c1-27(21-4-3-11-28(24(21)31)17-7-8-17)16-5-9-18(10-6-16)29-14-15-12-19(23(25)30)22(32-2)13-20(15)26-29/h3-4,11-14,16-18H,5-10H2,1-2H3,(H2,25,30). The molecule has 0 spiro atoms. The van der Waals surface area contributed by atoms with Gasteiger partial charge in [0.05, 0.1) is 24.2 Å². The van der Waals surface area contributed by atoms with Crippen LogP contribution in [0.5, 0.6) is 5.75 Å². The normalized spacial score (nSPS) is 20.9. The fourth-order valence-electron chi connectivity index (χ4n) is 4.93. The second kappa shape index (κ2) is 8.00. The van der Waals surface area contributed by atoms with Gasteiger partial charge in [0.15, 0.2) is 0 Å². The van der Waals surface area contributed by atoms with Crippen molar-refractivity contribution < 1.29 is 9.53 Å². The molecule has 168 valence electrons. The van der Waals surface area contributed by atoms with Crippen LogP contribution in [0.4, 0.5) is 5.69 Å². The van der Waals surface area contributed by atoms with E-state index in [1.54, 1.807) is 12.1 Å². The average Bonchev–Trinajstić information content (AvgIpc) is 3.56. The summed E-state index contributed by atoms with van der Waals surface area (Å²) in [6, 6.07) is 8.45. The monoisotopic (exact) mass is 435 g/mol. The molecular formula is C24H29N5O3. The zero-order chi connectivity index (χ0) is 22.4. The summed E-state index contributed by atoms with van der Waals surface area (Å²) in [7, 11) is 3.56. The summed E-state index contributed by atoms with van der Waals surface area (Å²) >= 11 is 0. The second-order valence-electron chi connectivity index (χ2n) is 8.99. The number of methoxy groups -OCH3 is 1. The molecule has 0 unspecified atom stereocenters. The highest BCUT2D eigenvalue weighted by molar-refractivity contribution is 6.00. The molecule has 1 aromatic carbocycles. The summed E-state index contributed by atoms with van der Waals surface area (Å²) in [5.41, 5.74) is 7.55. The predicted octanol–water partition coefficient (Wildman–Crippen LogP) is 3.26. The summed E-state index contributed by atoms with van der Waals surface area (Å²) in [4.78, 5) is 26.8. The molecule has 32 heavy (non-hydrogen) atoms. The van der Waals surface area contributed by atoms with E-state index in [2.05, 4.69) is 4.90 Å². The Labute approximate surface area is 186 Å². The lowest BCUT2D eigenvalue weighted by atomic mass is 9.90. The number of ether oxygens (including phenoxy) is 1. The van der Waals surface area contributed by atoms with Gasteiger partial charge < -0.3 is 19.9 Å². The summed E-state index contributed by atoms with van der Waals surface area (Å²) in [6.07, 6.45) is 10.0. The fourth-order valence-corrected chi connectivity index (χ4v) is 4.93. The number of fused-ring (bicyclic) bond motifs is 1. The first kappa shape index (κ1) is 20.6. The minimum atomic E-state index is -0.512. The number of hydrogen-bond acceptors (Lipinski definition) is 5. The van der Waals surface area contributed by atoms with Crippen molar-refractivity contribution in [1.29, 1.82) is 0 Å². The Balaban J connectivity index is 1.31. The van der Waals surface area contributed by atoms with Crippen molar-refractivity contribution >= 4 is 22.5 Å². The third-order valence-electron chi connectivity index (χ3n) is 6.97. The second-order valence-corrected chi connectivity index (χ2v) is 8.99. The zero-order valence-electron chi connectivity index (χ0n) is 18.5. The van der Waals surface area contributed by atoms with Crippen LogP contribution in [0.25, 0.3) is 10.9 Å². The summed E-state index contributed by atoms with van der Waals surface area (Å²) in [6.45, 7) is 0. The maximum absolute atomic E-state index is 12.9. The molecule has 2 aliphatic carbocycles. The summed E-state index contributed by atoms with van der Waals surface area (Å²) in [5.74, 6) is -0.0676. The lowest BCUT2D eigenvalue weighted by Crippen LogP contribution is -2.39. The first-order valence-electron chi connectivity index (χ1n) is 11.3. The largest absolute Gasteiger partial charge is 0.496 e. The molecule has 2 fully saturated rings. The van der Waals surface area contributed by atoms with Crippen LogP contribution in [0, 0.1) is 0 Å². The third kappa shape index (κ3) is 3.63. The number of nitrogens with zero attached hydrogens (tertiary/aromatic N) is 4. The topological polar surface area (TPSA) is 95.4 Å². The van der Waals surface area contributed by atoms with Crippen molar-refractivity contribution in [3.05, 3.63) is 52.6 Å². The van der Waals surface area contributed by atoms with Crippen molar-refractivity contribution in [2.24, 2.45) is 5.73 Å². The highest BCUT2D eigenvalue weighted by Gasteiger charge is 2.29. The van der Waals surface area contributed by atoms with Gasteiger partial charge in [-0.25, -0.2) is 0 Å². The van der Waals surface area contributed by atoms with Gasteiger partial charge >= 0.3 is 0 Å². The quantitative estimate of drug-likeness (QED) is 0.641. The van der Waals surface area contributed by atoms with Gasteiger partial charge in [-0.3, -0.25) is 14.3 Å². The number of benzene rings is 1.